The van der Waals surface area contributed by atoms with Crippen molar-refractivity contribution in [2.24, 2.45) is 0 Å². The number of ether oxygens (including phenoxy) is 1. The van der Waals surface area contributed by atoms with Crippen molar-refractivity contribution in [2.45, 2.75) is 30.6 Å². The van der Waals surface area contributed by atoms with E-state index in [0.29, 0.717) is 30.3 Å². The third-order valence-corrected chi connectivity index (χ3v) is 5.81. The van der Waals surface area contributed by atoms with Gasteiger partial charge in [-0.05, 0) is 24.5 Å². The maximum absolute atomic E-state index is 12.6. The van der Waals surface area contributed by atoms with Crippen molar-refractivity contribution in [1.82, 2.24) is 4.90 Å². The SMILES string of the molecule is O=C(O)c1ccccc1CCC(=O)N1CCSC2COCCC21. The molecule has 0 bridgehead atoms. The number of nitrogens with zero attached hydrogens (tertiary/aromatic N) is 1. The summed E-state index contributed by atoms with van der Waals surface area (Å²) in [7, 11) is 0. The van der Waals surface area contributed by atoms with E-state index in [0.717, 1.165) is 30.9 Å². The second-order valence-corrected chi connectivity index (χ2v) is 7.24. The summed E-state index contributed by atoms with van der Waals surface area (Å²) >= 11 is 1.89. The molecule has 0 aliphatic carbocycles. The van der Waals surface area contributed by atoms with Crippen molar-refractivity contribution in [3.63, 3.8) is 0 Å². The van der Waals surface area contributed by atoms with Crippen LogP contribution in [0.1, 0.15) is 28.8 Å². The zero-order valence-electron chi connectivity index (χ0n) is 12.9. The van der Waals surface area contributed by atoms with Crippen molar-refractivity contribution in [3.05, 3.63) is 35.4 Å². The number of rotatable bonds is 4. The topological polar surface area (TPSA) is 66.8 Å². The summed E-state index contributed by atoms with van der Waals surface area (Å²) in [6.45, 7) is 2.22. The van der Waals surface area contributed by atoms with Crippen LogP contribution in [0.5, 0.6) is 0 Å². The Morgan fingerprint density at radius 1 is 1.35 bits per heavy atom. The molecule has 2 aliphatic rings. The molecule has 124 valence electrons. The number of aryl methyl sites for hydroxylation is 1. The fourth-order valence-electron chi connectivity index (χ4n) is 3.33. The van der Waals surface area contributed by atoms with Crippen LogP contribution in [-0.2, 0) is 16.0 Å². The van der Waals surface area contributed by atoms with Gasteiger partial charge >= 0.3 is 5.97 Å². The summed E-state index contributed by atoms with van der Waals surface area (Å²) in [4.78, 5) is 25.9. The van der Waals surface area contributed by atoms with Crippen molar-refractivity contribution in [1.29, 1.82) is 0 Å². The first-order valence-corrected chi connectivity index (χ1v) is 9.01. The molecular weight excluding hydrogens is 314 g/mol. The molecule has 2 heterocycles. The molecule has 1 aromatic carbocycles. The first kappa shape index (κ1) is 16.3. The molecule has 3 rings (SSSR count). The van der Waals surface area contributed by atoms with Crippen LogP contribution in [0.25, 0.3) is 0 Å². The van der Waals surface area contributed by atoms with Gasteiger partial charge < -0.3 is 14.7 Å². The van der Waals surface area contributed by atoms with Gasteiger partial charge in [0.25, 0.3) is 0 Å². The van der Waals surface area contributed by atoms with Crippen molar-refractivity contribution < 1.29 is 19.4 Å². The number of hydrogen-bond donors (Lipinski definition) is 1. The minimum atomic E-state index is -0.938. The van der Waals surface area contributed by atoms with Crippen LogP contribution in [0, 0.1) is 0 Å². The lowest BCUT2D eigenvalue weighted by atomic mass is 10.0. The molecule has 5 nitrogen and oxygen atoms in total. The number of amides is 1. The van der Waals surface area contributed by atoms with Gasteiger partial charge in [-0.15, -0.1) is 0 Å². The number of carbonyl (C=O) groups excluding carboxylic acids is 1. The summed E-state index contributed by atoms with van der Waals surface area (Å²) in [5.74, 6) is 0.136. The van der Waals surface area contributed by atoms with Gasteiger partial charge in [-0.2, -0.15) is 11.8 Å². The molecule has 2 aliphatic heterocycles. The predicted octanol–water partition coefficient (Wildman–Crippen LogP) is 2.05. The van der Waals surface area contributed by atoms with Gasteiger partial charge in [0.05, 0.1) is 12.2 Å². The zero-order valence-corrected chi connectivity index (χ0v) is 13.8. The highest BCUT2D eigenvalue weighted by atomic mass is 32.2. The first-order chi connectivity index (χ1) is 11.2. The zero-order chi connectivity index (χ0) is 16.2. The highest BCUT2D eigenvalue weighted by molar-refractivity contribution is 8.00. The normalized spacial score (nSPS) is 24.1. The smallest absolute Gasteiger partial charge is 0.335 e. The number of hydrogen-bond acceptors (Lipinski definition) is 4. The van der Waals surface area contributed by atoms with Gasteiger partial charge in [-0.3, -0.25) is 4.79 Å². The summed E-state index contributed by atoms with van der Waals surface area (Å²) in [5.41, 5.74) is 1.02. The molecule has 1 aromatic rings. The molecule has 1 N–H and O–H groups in total. The van der Waals surface area contributed by atoms with E-state index in [1.807, 2.05) is 22.7 Å². The maximum atomic E-state index is 12.6. The molecular formula is C17H21NO4S. The molecule has 2 atom stereocenters. The van der Waals surface area contributed by atoms with Crippen LogP contribution in [0.2, 0.25) is 0 Å². The lowest BCUT2D eigenvalue weighted by Crippen LogP contribution is -2.54. The average molecular weight is 335 g/mol. The monoisotopic (exact) mass is 335 g/mol. The quantitative estimate of drug-likeness (QED) is 0.912. The van der Waals surface area contributed by atoms with Crippen molar-refractivity contribution >= 4 is 23.6 Å². The number of fused-ring (bicyclic) bond motifs is 1. The second-order valence-electron chi connectivity index (χ2n) is 5.89. The number of carboxylic acids is 1. The molecule has 0 spiro atoms. The Bertz CT molecular complexity index is 590. The minimum Gasteiger partial charge on any atom is -0.478 e. The second kappa shape index (κ2) is 7.36. The molecule has 2 saturated heterocycles. The Labute approximate surface area is 140 Å². The standard InChI is InChI=1S/C17H21NO4S/c19-16(6-5-12-3-1-2-4-13(12)17(20)21)18-8-10-23-15-11-22-9-7-14(15)18/h1-4,14-15H,5-11H2,(H,20,21). The van der Waals surface area contributed by atoms with E-state index in [2.05, 4.69) is 0 Å². The van der Waals surface area contributed by atoms with Crippen LogP contribution in [0.3, 0.4) is 0 Å². The summed E-state index contributed by atoms with van der Waals surface area (Å²) in [5, 5.41) is 9.60. The fourth-order valence-corrected chi connectivity index (χ4v) is 4.63. The van der Waals surface area contributed by atoms with E-state index < -0.39 is 5.97 Å². The summed E-state index contributed by atoms with van der Waals surface area (Å²) in [6, 6.07) is 7.18. The third kappa shape index (κ3) is 3.70. The molecule has 1 amide bonds. The van der Waals surface area contributed by atoms with E-state index in [4.69, 9.17) is 4.74 Å². The van der Waals surface area contributed by atoms with Gasteiger partial charge in [0, 0.05) is 36.6 Å². The number of aromatic carboxylic acids is 1. The summed E-state index contributed by atoms with van der Waals surface area (Å²) < 4.78 is 5.51. The maximum Gasteiger partial charge on any atom is 0.335 e. The molecule has 0 saturated carbocycles. The molecule has 6 heteroatoms. The Hall–Kier alpha value is -1.53. The van der Waals surface area contributed by atoms with Crippen LogP contribution in [0.4, 0.5) is 0 Å². The molecule has 0 radical (unpaired) electrons. The minimum absolute atomic E-state index is 0.127. The van der Waals surface area contributed by atoms with Crippen LogP contribution in [-0.4, -0.2) is 58.7 Å². The number of carboxylic acid groups (broad SMARTS) is 1. The van der Waals surface area contributed by atoms with Crippen LogP contribution in [0.15, 0.2) is 24.3 Å². The number of benzene rings is 1. The molecule has 2 unspecified atom stereocenters. The highest BCUT2D eigenvalue weighted by Crippen LogP contribution is 2.30. The Kier molecular flexibility index (Phi) is 5.23. The summed E-state index contributed by atoms with van der Waals surface area (Å²) in [6.07, 6.45) is 1.73. The van der Waals surface area contributed by atoms with E-state index in [9.17, 15) is 14.7 Å². The number of thioether (sulfide) groups is 1. The highest BCUT2D eigenvalue weighted by Gasteiger charge is 2.36. The van der Waals surface area contributed by atoms with E-state index in [1.54, 1.807) is 18.2 Å². The van der Waals surface area contributed by atoms with Crippen molar-refractivity contribution in [2.75, 3.05) is 25.5 Å². The van der Waals surface area contributed by atoms with Gasteiger partial charge in [-0.1, -0.05) is 18.2 Å². The largest absolute Gasteiger partial charge is 0.478 e. The van der Waals surface area contributed by atoms with E-state index >= 15 is 0 Å². The molecule has 0 aromatic heterocycles. The molecule has 2 fully saturated rings. The molecule has 23 heavy (non-hydrogen) atoms. The van der Waals surface area contributed by atoms with Gasteiger partial charge in [0.2, 0.25) is 5.91 Å². The van der Waals surface area contributed by atoms with Gasteiger partial charge in [0.15, 0.2) is 0 Å². The Morgan fingerprint density at radius 2 is 2.17 bits per heavy atom. The van der Waals surface area contributed by atoms with E-state index in [-0.39, 0.29) is 11.9 Å². The average Bonchev–Trinajstić information content (AvgIpc) is 2.59. The fraction of sp³-hybridized carbons (Fsp3) is 0.529. The van der Waals surface area contributed by atoms with E-state index in [1.165, 1.54) is 0 Å². The predicted molar refractivity (Wildman–Crippen MR) is 88.9 cm³/mol. The lowest BCUT2D eigenvalue weighted by Gasteiger charge is -2.43. The van der Waals surface area contributed by atoms with Crippen molar-refractivity contribution in [3.8, 4) is 0 Å². The van der Waals surface area contributed by atoms with Gasteiger partial charge in [-0.25, -0.2) is 4.79 Å². The van der Waals surface area contributed by atoms with Gasteiger partial charge in [0.1, 0.15) is 0 Å². The van der Waals surface area contributed by atoms with Crippen LogP contribution < -0.4 is 0 Å². The first-order valence-electron chi connectivity index (χ1n) is 7.97. The number of carbonyl (C=O) groups is 2. The third-order valence-electron chi connectivity index (χ3n) is 4.51. The van der Waals surface area contributed by atoms with Crippen LogP contribution >= 0.6 is 11.8 Å². The Morgan fingerprint density at radius 3 is 3.00 bits per heavy atom. The lowest BCUT2D eigenvalue weighted by molar-refractivity contribution is -0.135. The Balaban J connectivity index is 1.64.